The van der Waals surface area contributed by atoms with E-state index < -0.39 is 0 Å². The highest BCUT2D eigenvalue weighted by atomic mass is 32.2. The lowest BCUT2D eigenvalue weighted by Crippen LogP contribution is -2.10. The molecule has 0 spiro atoms. The average molecular weight is 307 g/mol. The number of tetrazole rings is 1. The molecule has 1 aliphatic rings. The van der Waals surface area contributed by atoms with Crippen molar-refractivity contribution in [3.05, 3.63) is 30.1 Å². The van der Waals surface area contributed by atoms with E-state index in [0.29, 0.717) is 18.3 Å². The van der Waals surface area contributed by atoms with Crippen molar-refractivity contribution in [3.8, 4) is 0 Å². The minimum Gasteiger partial charge on any atom is -0.382 e. The van der Waals surface area contributed by atoms with E-state index in [0.717, 1.165) is 23.8 Å². The Morgan fingerprint density at radius 3 is 2.90 bits per heavy atom. The first kappa shape index (κ1) is 14.3. The summed E-state index contributed by atoms with van der Waals surface area (Å²) in [5, 5.41) is 15.9. The Morgan fingerprint density at radius 2 is 2.10 bits per heavy atom. The summed E-state index contributed by atoms with van der Waals surface area (Å²) in [7, 11) is 0. The number of hydrogen-bond acceptors (Lipinski definition) is 5. The van der Waals surface area contributed by atoms with E-state index in [9.17, 15) is 4.39 Å². The molecule has 0 aliphatic heterocycles. The Hall–Kier alpha value is -1.63. The van der Waals surface area contributed by atoms with Crippen LogP contribution in [0.2, 0.25) is 0 Å². The Labute approximate surface area is 127 Å². The van der Waals surface area contributed by atoms with Crippen LogP contribution < -0.4 is 5.32 Å². The van der Waals surface area contributed by atoms with E-state index in [2.05, 4.69) is 20.8 Å². The zero-order valence-corrected chi connectivity index (χ0v) is 12.5. The molecule has 1 heterocycles. The van der Waals surface area contributed by atoms with Crippen LogP contribution in [0.25, 0.3) is 0 Å². The molecule has 5 nitrogen and oxygen atoms in total. The Balaban J connectivity index is 1.50. The molecule has 0 bridgehead atoms. The third-order valence-electron chi connectivity index (χ3n) is 3.66. The molecular formula is C14H18FN5S. The molecule has 1 saturated carbocycles. The first-order chi connectivity index (χ1) is 10.3. The maximum Gasteiger partial charge on any atom is 0.209 e. The fourth-order valence-corrected chi connectivity index (χ4v) is 3.39. The first-order valence-corrected chi connectivity index (χ1v) is 8.22. The summed E-state index contributed by atoms with van der Waals surface area (Å²) < 4.78 is 15.4. The molecule has 2 aromatic rings. The number of nitrogens with zero attached hydrogens (tertiary/aromatic N) is 4. The number of hydrogen-bond donors (Lipinski definition) is 1. The molecule has 0 amide bonds. The molecule has 0 radical (unpaired) electrons. The molecule has 1 aliphatic carbocycles. The van der Waals surface area contributed by atoms with E-state index in [1.54, 1.807) is 23.9 Å². The number of thioether (sulfide) groups is 1. The summed E-state index contributed by atoms with van der Waals surface area (Å²) >= 11 is 1.61. The number of nitrogens with one attached hydrogen (secondary N) is 1. The van der Waals surface area contributed by atoms with Gasteiger partial charge < -0.3 is 5.32 Å². The van der Waals surface area contributed by atoms with Crippen LogP contribution in [-0.2, 0) is 0 Å². The van der Waals surface area contributed by atoms with Gasteiger partial charge in [0.2, 0.25) is 5.16 Å². The monoisotopic (exact) mass is 307 g/mol. The largest absolute Gasteiger partial charge is 0.382 e. The molecular weight excluding hydrogens is 289 g/mol. The van der Waals surface area contributed by atoms with Crippen LogP contribution >= 0.6 is 11.8 Å². The molecule has 3 rings (SSSR count). The van der Waals surface area contributed by atoms with Crippen LogP contribution in [0.4, 0.5) is 10.1 Å². The average Bonchev–Trinajstić information content (AvgIpc) is 3.16. The van der Waals surface area contributed by atoms with Gasteiger partial charge in [-0.15, -0.1) is 5.10 Å². The summed E-state index contributed by atoms with van der Waals surface area (Å²) in [4.78, 5) is 0. The van der Waals surface area contributed by atoms with Crippen LogP contribution in [0.3, 0.4) is 0 Å². The Kier molecular flexibility index (Phi) is 4.69. The minimum atomic E-state index is -0.224. The lowest BCUT2D eigenvalue weighted by Gasteiger charge is -2.11. The lowest BCUT2D eigenvalue weighted by atomic mass is 10.3. The quantitative estimate of drug-likeness (QED) is 0.656. The van der Waals surface area contributed by atoms with Crippen LogP contribution in [0.5, 0.6) is 0 Å². The summed E-state index contributed by atoms with van der Waals surface area (Å²) in [5.74, 6) is 0.569. The maximum absolute atomic E-state index is 13.5. The second-order valence-electron chi connectivity index (χ2n) is 5.10. The predicted octanol–water partition coefficient (Wildman–Crippen LogP) is 3.13. The SMILES string of the molecule is Fc1ccccc1NCCSc1nnnn1C1CCCC1. The van der Waals surface area contributed by atoms with E-state index >= 15 is 0 Å². The van der Waals surface area contributed by atoms with Crippen LogP contribution in [0.1, 0.15) is 31.7 Å². The fourth-order valence-electron chi connectivity index (χ4n) is 2.59. The number of para-hydroxylation sites is 1. The van der Waals surface area contributed by atoms with Gasteiger partial charge in [-0.05, 0) is 35.4 Å². The number of rotatable bonds is 6. The Bertz CT molecular complexity index is 582. The highest BCUT2D eigenvalue weighted by Gasteiger charge is 2.21. The fraction of sp³-hybridized carbons (Fsp3) is 0.500. The molecule has 21 heavy (non-hydrogen) atoms. The second-order valence-corrected chi connectivity index (χ2v) is 6.16. The van der Waals surface area contributed by atoms with Gasteiger partial charge in [0.25, 0.3) is 0 Å². The number of aromatic nitrogens is 4. The van der Waals surface area contributed by atoms with Crippen LogP contribution in [0.15, 0.2) is 29.4 Å². The second kappa shape index (κ2) is 6.89. The maximum atomic E-state index is 13.5. The number of benzene rings is 1. The van der Waals surface area contributed by atoms with Crippen molar-refractivity contribution in [2.45, 2.75) is 36.9 Å². The van der Waals surface area contributed by atoms with Crippen molar-refractivity contribution in [2.24, 2.45) is 0 Å². The molecule has 1 aromatic carbocycles. The van der Waals surface area contributed by atoms with Gasteiger partial charge in [0, 0.05) is 12.3 Å². The van der Waals surface area contributed by atoms with Crippen molar-refractivity contribution < 1.29 is 4.39 Å². The molecule has 1 N–H and O–H groups in total. The molecule has 112 valence electrons. The standard InChI is InChI=1S/C14H18FN5S/c15-12-7-3-4-8-13(12)16-9-10-21-14-17-18-19-20(14)11-5-1-2-6-11/h3-4,7-8,11,16H,1-2,5-6,9-10H2. The zero-order chi connectivity index (χ0) is 14.5. The molecule has 0 saturated heterocycles. The summed E-state index contributed by atoms with van der Waals surface area (Å²) in [6.45, 7) is 0.670. The third-order valence-corrected chi connectivity index (χ3v) is 4.59. The Morgan fingerprint density at radius 1 is 1.29 bits per heavy atom. The van der Waals surface area contributed by atoms with Crippen molar-refractivity contribution in [1.29, 1.82) is 0 Å². The van der Waals surface area contributed by atoms with Crippen molar-refractivity contribution in [1.82, 2.24) is 20.2 Å². The lowest BCUT2D eigenvalue weighted by molar-refractivity contribution is 0.423. The van der Waals surface area contributed by atoms with Crippen molar-refractivity contribution in [2.75, 3.05) is 17.6 Å². The predicted molar refractivity (Wildman–Crippen MR) is 80.9 cm³/mol. The molecule has 0 unspecified atom stereocenters. The summed E-state index contributed by atoms with van der Waals surface area (Å²) in [5.41, 5.74) is 0.536. The van der Waals surface area contributed by atoms with Gasteiger partial charge in [-0.1, -0.05) is 36.7 Å². The van der Waals surface area contributed by atoms with Crippen LogP contribution in [-0.4, -0.2) is 32.5 Å². The van der Waals surface area contributed by atoms with E-state index in [4.69, 9.17) is 0 Å². The van der Waals surface area contributed by atoms with Gasteiger partial charge in [0.1, 0.15) is 5.82 Å². The minimum absolute atomic E-state index is 0.224. The first-order valence-electron chi connectivity index (χ1n) is 7.23. The zero-order valence-electron chi connectivity index (χ0n) is 11.7. The molecule has 0 atom stereocenters. The van der Waals surface area contributed by atoms with E-state index in [-0.39, 0.29) is 5.82 Å². The van der Waals surface area contributed by atoms with Crippen molar-refractivity contribution in [3.63, 3.8) is 0 Å². The molecule has 1 fully saturated rings. The van der Waals surface area contributed by atoms with E-state index in [1.165, 1.54) is 18.9 Å². The van der Waals surface area contributed by atoms with Gasteiger partial charge in [0.15, 0.2) is 0 Å². The normalized spacial score (nSPS) is 15.5. The summed E-state index contributed by atoms with van der Waals surface area (Å²) in [6, 6.07) is 7.14. The third kappa shape index (κ3) is 3.53. The van der Waals surface area contributed by atoms with Crippen LogP contribution in [0, 0.1) is 5.82 Å². The van der Waals surface area contributed by atoms with Crippen molar-refractivity contribution >= 4 is 17.4 Å². The van der Waals surface area contributed by atoms with Gasteiger partial charge in [-0.3, -0.25) is 0 Å². The smallest absolute Gasteiger partial charge is 0.209 e. The number of anilines is 1. The summed E-state index contributed by atoms with van der Waals surface area (Å²) in [6.07, 6.45) is 4.82. The highest BCUT2D eigenvalue weighted by molar-refractivity contribution is 7.99. The van der Waals surface area contributed by atoms with Gasteiger partial charge in [-0.2, -0.15) is 0 Å². The van der Waals surface area contributed by atoms with E-state index in [1.807, 2.05) is 10.7 Å². The molecule has 7 heteroatoms. The topological polar surface area (TPSA) is 55.6 Å². The van der Waals surface area contributed by atoms with Gasteiger partial charge in [0.05, 0.1) is 11.7 Å². The highest BCUT2D eigenvalue weighted by Crippen LogP contribution is 2.31. The van der Waals surface area contributed by atoms with Gasteiger partial charge >= 0.3 is 0 Å². The van der Waals surface area contributed by atoms with Gasteiger partial charge in [-0.25, -0.2) is 9.07 Å². The number of halogens is 1. The molecule has 1 aromatic heterocycles.